The van der Waals surface area contributed by atoms with Crippen molar-refractivity contribution in [3.8, 4) is 5.75 Å². The van der Waals surface area contributed by atoms with Crippen LogP contribution in [0.3, 0.4) is 0 Å². The second-order valence-corrected chi connectivity index (χ2v) is 8.20. The zero-order valence-corrected chi connectivity index (χ0v) is 15.0. The molecule has 0 amide bonds. The van der Waals surface area contributed by atoms with Crippen LogP contribution in [0.5, 0.6) is 5.75 Å². The highest BCUT2D eigenvalue weighted by molar-refractivity contribution is 5.66. The Balaban J connectivity index is 1.62. The van der Waals surface area contributed by atoms with E-state index in [9.17, 15) is 4.79 Å². The molecule has 3 aliphatic rings. The third kappa shape index (κ3) is 2.35. The molecular weight excluding hydrogens is 300 g/mol. The van der Waals surface area contributed by atoms with Gasteiger partial charge in [-0.15, -0.1) is 0 Å². The molecule has 3 nitrogen and oxygen atoms in total. The Morgan fingerprint density at radius 3 is 2.79 bits per heavy atom. The number of carbonyl (C=O) groups is 1. The summed E-state index contributed by atoms with van der Waals surface area (Å²) < 4.78 is 11.1. The summed E-state index contributed by atoms with van der Waals surface area (Å²) in [5, 5.41) is 0. The summed E-state index contributed by atoms with van der Waals surface area (Å²) in [5.74, 6) is 2.96. The predicted molar refractivity (Wildman–Crippen MR) is 93.2 cm³/mol. The lowest BCUT2D eigenvalue weighted by Crippen LogP contribution is -2.45. The molecule has 24 heavy (non-hydrogen) atoms. The Morgan fingerprint density at radius 1 is 1.21 bits per heavy atom. The predicted octanol–water partition coefficient (Wildman–Crippen LogP) is 4.48. The largest absolute Gasteiger partial charge is 0.497 e. The van der Waals surface area contributed by atoms with Crippen LogP contribution in [0.1, 0.15) is 63.0 Å². The molecule has 0 bridgehead atoms. The summed E-state index contributed by atoms with van der Waals surface area (Å²) in [7, 11) is 1.74. The van der Waals surface area contributed by atoms with Crippen molar-refractivity contribution in [2.45, 2.75) is 64.4 Å². The molecule has 0 unspecified atom stereocenters. The Labute approximate surface area is 144 Å². The van der Waals surface area contributed by atoms with Crippen LogP contribution >= 0.6 is 0 Å². The highest BCUT2D eigenvalue weighted by Gasteiger charge is 2.56. The van der Waals surface area contributed by atoms with Gasteiger partial charge in [-0.2, -0.15) is 0 Å². The van der Waals surface area contributed by atoms with Crippen LogP contribution in [-0.2, 0) is 16.0 Å². The van der Waals surface area contributed by atoms with E-state index in [4.69, 9.17) is 9.47 Å². The fourth-order valence-electron chi connectivity index (χ4n) is 6.03. The monoisotopic (exact) mass is 328 g/mol. The van der Waals surface area contributed by atoms with Gasteiger partial charge in [-0.05, 0) is 79.5 Å². The molecular formula is C21H28O3. The van der Waals surface area contributed by atoms with Gasteiger partial charge in [-0.25, -0.2) is 0 Å². The normalized spacial score (nSPS) is 37.1. The van der Waals surface area contributed by atoms with E-state index < -0.39 is 0 Å². The fourth-order valence-corrected chi connectivity index (χ4v) is 6.03. The standard InChI is InChI=1S/C21H28O3/c1-13(22)24-20-9-8-19-18-6-4-14-12-15(23-3)5-7-16(14)17(18)10-11-21(19,20)2/h5,7,12,17-20H,4,6,8-11H2,1-3H3/t17-,18-,19-,20-,21+/m1/s1. The van der Waals surface area contributed by atoms with Crippen molar-refractivity contribution in [3.05, 3.63) is 29.3 Å². The molecule has 0 N–H and O–H groups in total. The van der Waals surface area contributed by atoms with E-state index in [0.717, 1.165) is 24.5 Å². The number of esters is 1. The van der Waals surface area contributed by atoms with Crippen LogP contribution in [0.4, 0.5) is 0 Å². The molecule has 3 heteroatoms. The topological polar surface area (TPSA) is 35.5 Å². The lowest BCUT2D eigenvalue weighted by molar-refractivity contribution is -0.154. The van der Waals surface area contributed by atoms with Crippen molar-refractivity contribution in [2.24, 2.45) is 17.3 Å². The Kier molecular flexibility index (Phi) is 3.85. The minimum atomic E-state index is -0.120. The number of hydrogen-bond donors (Lipinski definition) is 0. The van der Waals surface area contributed by atoms with Gasteiger partial charge in [0.1, 0.15) is 11.9 Å². The highest BCUT2D eigenvalue weighted by Crippen LogP contribution is 2.61. The second kappa shape index (κ2) is 5.79. The number of aryl methyl sites for hydroxylation is 1. The molecule has 0 heterocycles. The summed E-state index contributed by atoms with van der Waals surface area (Å²) in [5.41, 5.74) is 3.20. The molecule has 1 aromatic carbocycles. The zero-order chi connectivity index (χ0) is 16.9. The molecule has 0 aliphatic heterocycles. The molecule has 3 aliphatic carbocycles. The maximum absolute atomic E-state index is 11.5. The lowest BCUT2D eigenvalue weighted by Gasteiger charge is -2.50. The summed E-state index contributed by atoms with van der Waals surface area (Å²) >= 11 is 0. The first-order valence-corrected chi connectivity index (χ1v) is 9.37. The third-order valence-corrected chi connectivity index (χ3v) is 7.15. The number of hydrogen-bond acceptors (Lipinski definition) is 3. The van der Waals surface area contributed by atoms with Gasteiger partial charge in [-0.3, -0.25) is 4.79 Å². The van der Waals surface area contributed by atoms with E-state index in [0.29, 0.717) is 11.8 Å². The molecule has 0 aromatic heterocycles. The van der Waals surface area contributed by atoms with Crippen LogP contribution in [-0.4, -0.2) is 19.2 Å². The van der Waals surface area contributed by atoms with Gasteiger partial charge < -0.3 is 9.47 Å². The number of fused-ring (bicyclic) bond motifs is 5. The molecule has 0 saturated heterocycles. The van der Waals surface area contributed by atoms with Crippen LogP contribution < -0.4 is 4.74 Å². The molecule has 1 aromatic rings. The number of rotatable bonds is 2. The summed E-state index contributed by atoms with van der Waals surface area (Å²) in [4.78, 5) is 11.5. The minimum absolute atomic E-state index is 0.120. The van der Waals surface area contributed by atoms with Gasteiger partial charge in [0.2, 0.25) is 0 Å². The maximum Gasteiger partial charge on any atom is 0.302 e. The SMILES string of the molecule is COc1ccc2c(c1)CC[C@@H]1[C@@H]2CC[C@@]2(C)[C@@H]1CC[C@H]2OC(C)=O. The van der Waals surface area contributed by atoms with Crippen LogP contribution in [0.15, 0.2) is 18.2 Å². The van der Waals surface area contributed by atoms with Crippen LogP contribution in [0.2, 0.25) is 0 Å². The molecule has 0 spiro atoms. The first-order chi connectivity index (χ1) is 11.5. The number of ether oxygens (including phenoxy) is 2. The van der Waals surface area contributed by atoms with Gasteiger partial charge in [0.05, 0.1) is 7.11 Å². The van der Waals surface area contributed by atoms with E-state index in [-0.39, 0.29) is 17.5 Å². The second-order valence-electron chi connectivity index (χ2n) is 8.20. The summed E-state index contributed by atoms with van der Waals surface area (Å²) in [6.45, 7) is 3.92. The average Bonchev–Trinajstić information content (AvgIpc) is 2.90. The van der Waals surface area contributed by atoms with E-state index in [1.807, 2.05) is 0 Å². The van der Waals surface area contributed by atoms with Crippen molar-refractivity contribution < 1.29 is 14.3 Å². The van der Waals surface area contributed by atoms with Crippen molar-refractivity contribution in [1.82, 2.24) is 0 Å². The summed E-state index contributed by atoms with van der Waals surface area (Å²) in [6, 6.07) is 6.65. The first-order valence-electron chi connectivity index (χ1n) is 9.37. The van der Waals surface area contributed by atoms with Gasteiger partial charge in [0.25, 0.3) is 0 Å². The van der Waals surface area contributed by atoms with Crippen molar-refractivity contribution in [2.75, 3.05) is 7.11 Å². The molecule has 2 fully saturated rings. The Bertz CT molecular complexity index is 652. The van der Waals surface area contributed by atoms with E-state index in [1.54, 1.807) is 19.6 Å². The lowest BCUT2D eigenvalue weighted by atomic mass is 9.55. The number of carbonyl (C=O) groups excluding carboxylic acids is 1. The minimum Gasteiger partial charge on any atom is -0.497 e. The van der Waals surface area contributed by atoms with Crippen molar-refractivity contribution in [3.63, 3.8) is 0 Å². The van der Waals surface area contributed by atoms with Gasteiger partial charge >= 0.3 is 5.97 Å². The highest BCUT2D eigenvalue weighted by atomic mass is 16.5. The maximum atomic E-state index is 11.5. The quantitative estimate of drug-likeness (QED) is 0.751. The molecule has 0 radical (unpaired) electrons. The first kappa shape index (κ1) is 16.0. The fraction of sp³-hybridized carbons (Fsp3) is 0.667. The van der Waals surface area contributed by atoms with Gasteiger partial charge in [-0.1, -0.05) is 13.0 Å². The van der Waals surface area contributed by atoms with Gasteiger partial charge in [0.15, 0.2) is 0 Å². The van der Waals surface area contributed by atoms with Crippen LogP contribution in [0.25, 0.3) is 0 Å². The van der Waals surface area contributed by atoms with Gasteiger partial charge in [0, 0.05) is 12.3 Å². The number of benzene rings is 1. The smallest absolute Gasteiger partial charge is 0.302 e. The molecule has 130 valence electrons. The molecule has 5 atom stereocenters. The van der Waals surface area contributed by atoms with Crippen LogP contribution in [0, 0.1) is 17.3 Å². The van der Waals surface area contributed by atoms with E-state index >= 15 is 0 Å². The molecule has 2 saturated carbocycles. The number of methoxy groups -OCH3 is 1. The van der Waals surface area contributed by atoms with Crippen molar-refractivity contribution >= 4 is 5.97 Å². The molecule has 4 rings (SSSR count). The summed E-state index contributed by atoms with van der Waals surface area (Å²) in [6.07, 6.45) is 7.17. The Morgan fingerprint density at radius 2 is 2.04 bits per heavy atom. The zero-order valence-electron chi connectivity index (χ0n) is 15.0. The van der Waals surface area contributed by atoms with Crippen molar-refractivity contribution in [1.29, 1.82) is 0 Å². The average molecular weight is 328 g/mol. The van der Waals surface area contributed by atoms with E-state index in [2.05, 4.69) is 25.1 Å². The third-order valence-electron chi connectivity index (χ3n) is 7.15. The Hall–Kier alpha value is -1.51. The van der Waals surface area contributed by atoms with E-state index in [1.165, 1.54) is 31.2 Å².